The molecule has 0 radical (unpaired) electrons. The van der Waals surface area contributed by atoms with Gasteiger partial charge in [0, 0.05) is 33.7 Å². The van der Waals surface area contributed by atoms with Crippen LogP contribution >= 0.6 is 0 Å². The maximum Gasteiger partial charge on any atom is 0.231 e. The summed E-state index contributed by atoms with van der Waals surface area (Å²) in [5, 5.41) is 6.45. The SMILES string of the molecule is CCS(=O)(=O)N(C)CCCNC(=NC)NCCc1ccc2c(c1)OCO2. The number of aliphatic imine (C=N–C) groups is 1. The Kier molecular flexibility index (Phi) is 7.52. The third-order valence-electron chi connectivity index (χ3n) is 4.15. The van der Waals surface area contributed by atoms with Gasteiger partial charge in [-0.1, -0.05) is 6.07 Å². The zero-order chi connectivity index (χ0) is 19.0. The first-order chi connectivity index (χ1) is 12.5. The van der Waals surface area contributed by atoms with Gasteiger partial charge in [-0.3, -0.25) is 4.99 Å². The third-order valence-corrected chi connectivity index (χ3v) is 6.01. The molecule has 1 aliphatic rings. The maximum absolute atomic E-state index is 11.7. The summed E-state index contributed by atoms with van der Waals surface area (Å²) < 4.78 is 35.4. The standard InChI is InChI=1S/C17H28N4O4S/c1-4-26(22,23)21(3)11-5-9-19-17(18-2)20-10-8-14-6-7-15-16(12-14)25-13-24-15/h6-7,12H,4-5,8-11,13H2,1-3H3,(H2,18,19,20). The number of ether oxygens (including phenoxy) is 2. The van der Waals surface area contributed by atoms with Gasteiger partial charge in [-0.15, -0.1) is 0 Å². The molecule has 0 bridgehead atoms. The molecule has 1 heterocycles. The first-order valence-corrected chi connectivity index (χ1v) is 10.3. The van der Waals surface area contributed by atoms with Crippen LogP contribution in [0.25, 0.3) is 0 Å². The van der Waals surface area contributed by atoms with E-state index < -0.39 is 10.0 Å². The van der Waals surface area contributed by atoms with Gasteiger partial charge >= 0.3 is 0 Å². The lowest BCUT2D eigenvalue weighted by Crippen LogP contribution is -2.39. The van der Waals surface area contributed by atoms with E-state index in [1.54, 1.807) is 21.0 Å². The molecule has 2 N–H and O–H groups in total. The predicted octanol–water partition coefficient (Wildman–Crippen LogP) is 0.794. The molecule has 0 atom stereocenters. The number of guanidine groups is 1. The Labute approximate surface area is 155 Å². The van der Waals surface area contributed by atoms with Gasteiger partial charge in [0.2, 0.25) is 16.8 Å². The lowest BCUT2D eigenvalue weighted by molar-refractivity contribution is 0.174. The van der Waals surface area contributed by atoms with E-state index in [-0.39, 0.29) is 12.5 Å². The zero-order valence-corrected chi connectivity index (χ0v) is 16.4. The molecule has 0 unspecified atom stereocenters. The molecule has 9 heteroatoms. The van der Waals surface area contributed by atoms with E-state index in [4.69, 9.17) is 9.47 Å². The number of rotatable bonds is 9. The van der Waals surface area contributed by atoms with Gasteiger partial charge in [0.25, 0.3) is 0 Å². The highest BCUT2D eigenvalue weighted by Crippen LogP contribution is 2.32. The monoisotopic (exact) mass is 384 g/mol. The van der Waals surface area contributed by atoms with Gasteiger partial charge in [0.15, 0.2) is 17.5 Å². The molecule has 0 aromatic heterocycles. The van der Waals surface area contributed by atoms with Gasteiger partial charge in [-0.25, -0.2) is 12.7 Å². The van der Waals surface area contributed by atoms with E-state index in [1.165, 1.54) is 4.31 Å². The van der Waals surface area contributed by atoms with Crippen LogP contribution in [0, 0.1) is 0 Å². The van der Waals surface area contributed by atoms with Gasteiger partial charge in [-0.05, 0) is 37.5 Å². The molecule has 1 aliphatic heterocycles. The fraction of sp³-hybridized carbons (Fsp3) is 0.588. The molecule has 0 saturated heterocycles. The predicted molar refractivity (Wildman–Crippen MR) is 102 cm³/mol. The molecule has 2 rings (SSSR count). The Hall–Kier alpha value is -2.00. The molecule has 0 saturated carbocycles. The second kappa shape index (κ2) is 9.63. The number of benzene rings is 1. The highest BCUT2D eigenvalue weighted by Gasteiger charge is 2.14. The molecule has 8 nitrogen and oxygen atoms in total. The van der Waals surface area contributed by atoms with Crippen molar-refractivity contribution in [3.05, 3.63) is 23.8 Å². The van der Waals surface area contributed by atoms with Gasteiger partial charge in [-0.2, -0.15) is 0 Å². The van der Waals surface area contributed by atoms with Crippen molar-refractivity contribution in [2.75, 3.05) is 46.3 Å². The molecule has 1 aromatic carbocycles. The summed E-state index contributed by atoms with van der Waals surface area (Å²) in [6.45, 7) is 3.78. The first kappa shape index (κ1) is 20.3. The molecule has 26 heavy (non-hydrogen) atoms. The molecule has 0 spiro atoms. The molecular weight excluding hydrogens is 356 g/mol. The maximum atomic E-state index is 11.7. The highest BCUT2D eigenvalue weighted by molar-refractivity contribution is 7.89. The van der Waals surface area contributed by atoms with Crippen LogP contribution in [-0.4, -0.2) is 65.0 Å². The largest absolute Gasteiger partial charge is 0.454 e. The number of hydrogen-bond donors (Lipinski definition) is 2. The summed E-state index contributed by atoms with van der Waals surface area (Å²) in [6, 6.07) is 5.94. The molecular formula is C17H28N4O4S. The Bertz CT molecular complexity index is 721. The number of nitrogens with one attached hydrogen (secondary N) is 2. The number of sulfonamides is 1. The van der Waals surface area contributed by atoms with Gasteiger partial charge in [0.05, 0.1) is 5.75 Å². The quantitative estimate of drug-likeness (QED) is 0.372. The Morgan fingerprint density at radius 2 is 1.96 bits per heavy atom. The fourth-order valence-electron chi connectivity index (χ4n) is 2.51. The number of nitrogens with zero attached hydrogens (tertiary/aromatic N) is 2. The summed E-state index contributed by atoms with van der Waals surface area (Å²) in [6.07, 6.45) is 1.54. The zero-order valence-electron chi connectivity index (χ0n) is 15.6. The Morgan fingerprint density at radius 3 is 2.69 bits per heavy atom. The first-order valence-electron chi connectivity index (χ1n) is 8.73. The average molecular weight is 385 g/mol. The molecule has 1 aromatic rings. The van der Waals surface area contributed by atoms with Crippen molar-refractivity contribution in [3.8, 4) is 11.5 Å². The second-order valence-corrected chi connectivity index (χ2v) is 8.30. The smallest absolute Gasteiger partial charge is 0.231 e. The fourth-order valence-corrected chi connectivity index (χ4v) is 3.36. The summed E-state index contributed by atoms with van der Waals surface area (Å²) in [5.74, 6) is 2.40. The minimum absolute atomic E-state index is 0.125. The van der Waals surface area contributed by atoms with Crippen molar-refractivity contribution in [2.24, 2.45) is 4.99 Å². The van der Waals surface area contributed by atoms with Crippen molar-refractivity contribution in [1.82, 2.24) is 14.9 Å². The van der Waals surface area contributed by atoms with E-state index in [2.05, 4.69) is 15.6 Å². The minimum Gasteiger partial charge on any atom is -0.454 e. The second-order valence-electron chi connectivity index (χ2n) is 5.94. The molecule has 0 aliphatic carbocycles. The van der Waals surface area contributed by atoms with Crippen LogP contribution in [0.3, 0.4) is 0 Å². The summed E-state index contributed by atoms with van der Waals surface area (Å²) in [5.41, 5.74) is 1.16. The number of hydrogen-bond acceptors (Lipinski definition) is 5. The van der Waals surface area contributed by atoms with E-state index in [9.17, 15) is 8.42 Å². The summed E-state index contributed by atoms with van der Waals surface area (Å²) in [4.78, 5) is 4.18. The Balaban J connectivity index is 1.66. The van der Waals surface area contributed by atoms with Crippen LogP contribution in [0.1, 0.15) is 18.9 Å². The lowest BCUT2D eigenvalue weighted by atomic mass is 10.1. The van der Waals surface area contributed by atoms with Crippen molar-refractivity contribution < 1.29 is 17.9 Å². The van der Waals surface area contributed by atoms with Crippen LogP contribution in [0.2, 0.25) is 0 Å². The van der Waals surface area contributed by atoms with E-state index in [0.717, 1.165) is 30.0 Å². The van der Waals surface area contributed by atoms with Crippen molar-refractivity contribution in [2.45, 2.75) is 19.8 Å². The van der Waals surface area contributed by atoms with Crippen LogP contribution in [-0.2, 0) is 16.4 Å². The summed E-state index contributed by atoms with van der Waals surface area (Å²) in [7, 11) is 0.207. The topological polar surface area (TPSA) is 92.3 Å². The lowest BCUT2D eigenvalue weighted by Gasteiger charge is -2.17. The normalized spacial score (nSPS) is 13.9. The average Bonchev–Trinajstić information content (AvgIpc) is 3.11. The van der Waals surface area contributed by atoms with E-state index >= 15 is 0 Å². The van der Waals surface area contributed by atoms with Crippen molar-refractivity contribution in [1.29, 1.82) is 0 Å². The van der Waals surface area contributed by atoms with Crippen LogP contribution in [0.15, 0.2) is 23.2 Å². The van der Waals surface area contributed by atoms with Crippen LogP contribution < -0.4 is 20.1 Å². The van der Waals surface area contributed by atoms with Crippen LogP contribution in [0.5, 0.6) is 11.5 Å². The minimum atomic E-state index is -3.11. The highest BCUT2D eigenvalue weighted by atomic mass is 32.2. The summed E-state index contributed by atoms with van der Waals surface area (Å²) >= 11 is 0. The van der Waals surface area contributed by atoms with Crippen molar-refractivity contribution in [3.63, 3.8) is 0 Å². The number of fused-ring (bicyclic) bond motifs is 1. The van der Waals surface area contributed by atoms with Crippen LogP contribution in [0.4, 0.5) is 0 Å². The van der Waals surface area contributed by atoms with Gasteiger partial charge < -0.3 is 20.1 Å². The molecule has 0 fully saturated rings. The molecule has 146 valence electrons. The van der Waals surface area contributed by atoms with E-state index in [0.29, 0.717) is 25.5 Å². The third kappa shape index (κ3) is 5.77. The van der Waals surface area contributed by atoms with Crippen molar-refractivity contribution >= 4 is 16.0 Å². The molecule has 0 amide bonds. The van der Waals surface area contributed by atoms with E-state index in [1.807, 2.05) is 18.2 Å². The Morgan fingerprint density at radius 1 is 1.23 bits per heavy atom. The van der Waals surface area contributed by atoms with Gasteiger partial charge in [0.1, 0.15) is 0 Å².